The number of hydrazine groups is 1. The molecule has 0 bridgehead atoms. The third-order valence-electron chi connectivity index (χ3n) is 0.539. The van der Waals surface area contributed by atoms with E-state index >= 15 is 0 Å². The predicted octanol–water partition coefficient (Wildman–Crippen LogP) is 0.0303. The van der Waals surface area contributed by atoms with E-state index < -0.39 is 0 Å². The molecule has 0 rings (SSSR count). The molecule has 0 amide bonds. The van der Waals surface area contributed by atoms with Crippen LogP contribution >= 0.6 is 12.6 Å². The first-order valence-electron chi connectivity index (χ1n) is 2.48. The zero-order valence-corrected chi connectivity index (χ0v) is 5.46. The van der Waals surface area contributed by atoms with Gasteiger partial charge in [0.1, 0.15) is 0 Å². The molecule has 0 aromatic heterocycles. The van der Waals surface area contributed by atoms with Gasteiger partial charge in [0.25, 0.3) is 0 Å². The van der Waals surface area contributed by atoms with Crippen molar-refractivity contribution in [2.45, 2.75) is 6.92 Å². The maximum atomic E-state index is 3.99. The van der Waals surface area contributed by atoms with Crippen molar-refractivity contribution in [3.8, 4) is 0 Å². The summed E-state index contributed by atoms with van der Waals surface area (Å²) >= 11 is 3.99. The summed E-state index contributed by atoms with van der Waals surface area (Å²) in [6.45, 7) is 3.94. The molecule has 0 atom stereocenters. The first kappa shape index (κ1) is 7.27. The third-order valence-corrected chi connectivity index (χ3v) is 0.762. The molecular formula is C4H12N2S. The van der Waals surface area contributed by atoms with Gasteiger partial charge in [-0.15, -0.1) is 0 Å². The van der Waals surface area contributed by atoms with Gasteiger partial charge in [-0.25, -0.2) is 0 Å². The van der Waals surface area contributed by atoms with Gasteiger partial charge in [0.2, 0.25) is 0 Å². The minimum absolute atomic E-state index is 0.882. The van der Waals surface area contributed by atoms with Crippen LogP contribution in [0.1, 0.15) is 6.92 Å². The molecule has 7 heavy (non-hydrogen) atoms. The zero-order chi connectivity index (χ0) is 5.54. The van der Waals surface area contributed by atoms with Crippen LogP contribution in [-0.4, -0.2) is 18.8 Å². The second-order valence-corrected chi connectivity index (χ2v) is 1.63. The summed E-state index contributed by atoms with van der Waals surface area (Å²) in [7, 11) is 0. The van der Waals surface area contributed by atoms with Gasteiger partial charge in [-0.3, -0.25) is 10.9 Å². The van der Waals surface area contributed by atoms with Crippen LogP contribution in [0.15, 0.2) is 0 Å². The van der Waals surface area contributed by atoms with Crippen molar-refractivity contribution in [1.82, 2.24) is 10.9 Å². The second kappa shape index (κ2) is 6.27. The number of thiol groups is 1. The summed E-state index contributed by atoms with van der Waals surface area (Å²) in [6.07, 6.45) is 0. The fourth-order valence-electron chi connectivity index (χ4n) is 0.269. The van der Waals surface area contributed by atoms with Crippen LogP contribution in [-0.2, 0) is 0 Å². The van der Waals surface area contributed by atoms with E-state index in [0.717, 1.165) is 18.8 Å². The number of hydrogen-bond acceptors (Lipinski definition) is 3. The maximum Gasteiger partial charge on any atom is 0.0188 e. The molecule has 0 heterocycles. The Morgan fingerprint density at radius 1 is 1.43 bits per heavy atom. The first-order valence-corrected chi connectivity index (χ1v) is 3.11. The Kier molecular flexibility index (Phi) is 6.51. The number of hydrogen-bond donors (Lipinski definition) is 3. The molecule has 0 saturated carbocycles. The smallest absolute Gasteiger partial charge is 0.0188 e. The Balaban J connectivity index is 2.45. The van der Waals surface area contributed by atoms with E-state index in [0.29, 0.717) is 0 Å². The molecule has 0 aromatic carbocycles. The van der Waals surface area contributed by atoms with Crippen molar-refractivity contribution in [3.63, 3.8) is 0 Å². The normalized spacial score (nSPS) is 9.43. The van der Waals surface area contributed by atoms with Gasteiger partial charge < -0.3 is 0 Å². The van der Waals surface area contributed by atoms with Crippen LogP contribution in [0.3, 0.4) is 0 Å². The lowest BCUT2D eigenvalue weighted by atomic mass is 10.8. The van der Waals surface area contributed by atoms with Gasteiger partial charge in [-0.2, -0.15) is 12.6 Å². The van der Waals surface area contributed by atoms with E-state index in [1.807, 2.05) is 6.92 Å². The lowest BCUT2D eigenvalue weighted by Gasteiger charge is -1.98. The van der Waals surface area contributed by atoms with Gasteiger partial charge in [-0.05, 0) is 0 Å². The Bertz CT molecular complexity index is 28.9. The molecule has 2 nitrogen and oxygen atoms in total. The average molecular weight is 120 g/mol. The molecule has 0 spiro atoms. The molecule has 0 saturated heterocycles. The Labute approximate surface area is 50.1 Å². The zero-order valence-electron chi connectivity index (χ0n) is 4.57. The van der Waals surface area contributed by atoms with Crippen molar-refractivity contribution in [1.29, 1.82) is 0 Å². The van der Waals surface area contributed by atoms with E-state index in [-0.39, 0.29) is 0 Å². The summed E-state index contributed by atoms with van der Waals surface area (Å²) in [4.78, 5) is 0. The van der Waals surface area contributed by atoms with Crippen molar-refractivity contribution >= 4 is 12.6 Å². The summed E-state index contributed by atoms with van der Waals surface area (Å²) in [6, 6.07) is 0. The third kappa shape index (κ3) is 6.27. The highest BCUT2D eigenvalue weighted by Crippen LogP contribution is 1.63. The highest BCUT2D eigenvalue weighted by molar-refractivity contribution is 7.80. The number of nitrogens with one attached hydrogen (secondary N) is 2. The van der Waals surface area contributed by atoms with E-state index in [9.17, 15) is 0 Å². The van der Waals surface area contributed by atoms with Gasteiger partial charge in [0.15, 0.2) is 0 Å². The topological polar surface area (TPSA) is 24.1 Å². The maximum absolute atomic E-state index is 3.99. The summed E-state index contributed by atoms with van der Waals surface area (Å²) < 4.78 is 0. The molecule has 0 fully saturated rings. The Hall–Kier alpha value is 0.270. The van der Waals surface area contributed by atoms with Gasteiger partial charge in [0, 0.05) is 18.8 Å². The van der Waals surface area contributed by atoms with Gasteiger partial charge in [-0.1, -0.05) is 6.92 Å². The van der Waals surface area contributed by atoms with Crippen molar-refractivity contribution in [2.24, 2.45) is 0 Å². The minimum Gasteiger partial charge on any atom is -0.258 e. The highest BCUT2D eigenvalue weighted by atomic mass is 32.1. The van der Waals surface area contributed by atoms with Crippen LogP contribution < -0.4 is 10.9 Å². The Morgan fingerprint density at radius 3 is 2.57 bits per heavy atom. The molecule has 0 aliphatic rings. The molecule has 44 valence electrons. The fraction of sp³-hybridized carbons (Fsp3) is 1.00. The highest BCUT2D eigenvalue weighted by Gasteiger charge is 1.74. The van der Waals surface area contributed by atoms with E-state index in [1.54, 1.807) is 0 Å². The van der Waals surface area contributed by atoms with Crippen LogP contribution in [0, 0.1) is 0 Å². The molecule has 0 radical (unpaired) electrons. The van der Waals surface area contributed by atoms with Gasteiger partial charge in [0.05, 0.1) is 0 Å². The van der Waals surface area contributed by atoms with Crippen LogP contribution in [0.2, 0.25) is 0 Å². The lowest BCUT2D eigenvalue weighted by molar-refractivity contribution is 0.576. The fourth-order valence-corrected chi connectivity index (χ4v) is 0.381. The molecule has 2 N–H and O–H groups in total. The minimum atomic E-state index is 0.882. The predicted molar refractivity (Wildman–Crippen MR) is 35.5 cm³/mol. The standard InChI is InChI=1S/C4H12N2S/c1-2-5-6-3-4-7/h5-7H,2-4H2,1H3. The quantitative estimate of drug-likeness (QED) is 0.277. The second-order valence-electron chi connectivity index (χ2n) is 1.18. The van der Waals surface area contributed by atoms with E-state index in [2.05, 4.69) is 23.5 Å². The van der Waals surface area contributed by atoms with Crippen LogP contribution in [0.5, 0.6) is 0 Å². The Morgan fingerprint density at radius 2 is 2.14 bits per heavy atom. The summed E-state index contributed by atoms with van der Waals surface area (Å²) in [5, 5.41) is 0. The number of rotatable bonds is 4. The largest absolute Gasteiger partial charge is 0.258 e. The van der Waals surface area contributed by atoms with Crippen LogP contribution in [0.4, 0.5) is 0 Å². The monoisotopic (exact) mass is 120 g/mol. The van der Waals surface area contributed by atoms with E-state index in [4.69, 9.17) is 0 Å². The van der Waals surface area contributed by atoms with Crippen molar-refractivity contribution in [2.75, 3.05) is 18.8 Å². The lowest BCUT2D eigenvalue weighted by Crippen LogP contribution is -2.32. The summed E-state index contributed by atoms with van der Waals surface area (Å²) in [5.41, 5.74) is 5.91. The summed E-state index contributed by atoms with van der Waals surface area (Å²) in [5.74, 6) is 0.882. The van der Waals surface area contributed by atoms with Gasteiger partial charge >= 0.3 is 0 Å². The molecule has 0 aromatic rings. The molecule has 0 unspecified atom stereocenters. The SMILES string of the molecule is CCNNCCS. The molecule has 0 aliphatic carbocycles. The van der Waals surface area contributed by atoms with Crippen LogP contribution in [0.25, 0.3) is 0 Å². The molecule has 3 heteroatoms. The van der Waals surface area contributed by atoms with E-state index in [1.165, 1.54) is 0 Å². The van der Waals surface area contributed by atoms with Crippen molar-refractivity contribution in [3.05, 3.63) is 0 Å². The molecule has 0 aliphatic heterocycles. The van der Waals surface area contributed by atoms with Crippen molar-refractivity contribution < 1.29 is 0 Å². The average Bonchev–Trinajstić information content (AvgIpc) is 1.69. The molecular weight excluding hydrogens is 108 g/mol. The first-order chi connectivity index (χ1) is 3.41.